The van der Waals surface area contributed by atoms with Crippen molar-refractivity contribution in [3.63, 3.8) is 0 Å². The molecule has 6 nitrogen and oxygen atoms in total. The summed E-state index contributed by atoms with van der Waals surface area (Å²) in [5.74, 6) is 0.890. The smallest absolute Gasteiger partial charge is 0.202 e. The van der Waals surface area contributed by atoms with E-state index in [0.29, 0.717) is 22.1 Å². The van der Waals surface area contributed by atoms with Crippen LogP contribution >= 0.6 is 11.6 Å². The van der Waals surface area contributed by atoms with Gasteiger partial charge in [0.05, 0.1) is 16.9 Å². The van der Waals surface area contributed by atoms with E-state index >= 15 is 0 Å². The molecule has 0 radical (unpaired) electrons. The SMILES string of the molecule is N[C@H]1CCCC12CCN(c1cnc3c(-c4ccccc4Cl)[nH]nc3n1)CC2. The third kappa shape index (κ3) is 2.78. The zero-order valence-electron chi connectivity index (χ0n) is 15.2. The Hall–Kier alpha value is -2.18. The quantitative estimate of drug-likeness (QED) is 0.704. The standard InChI is InChI=1S/C20H23ClN6/c21-14-5-2-1-4-13(14)17-18-19(26-25-17)24-16(12-23-18)27-10-8-20(9-11-27)7-3-6-15(20)22/h1-2,4-5,12,15H,3,6-11,22H2,(H,24,25,26)/t15-/m0/s1. The first-order valence-electron chi connectivity index (χ1n) is 9.63. The van der Waals surface area contributed by atoms with E-state index in [1.807, 2.05) is 30.5 Å². The Kier molecular flexibility index (Phi) is 4.06. The third-order valence-corrected chi connectivity index (χ3v) is 6.78. The van der Waals surface area contributed by atoms with Crippen LogP contribution in [-0.4, -0.2) is 39.3 Å². The molecular formula is C20H23ClN6. The van der Waals surface area contributed by atoms with E-state index in [9.17, 15) is 0 Å². The van der Waals surface area contributed by atoms with Crippen LogP contribution in [0.5, 0.6) is 0 Å². The maximum atomic E-state index is 6.40. The summed E-state index contributed by atoms with van der Waals surface area (Å²) in [7, 11) is 0. The van der Waals surface area contributed by atoms with Crippen LogP contribution < -0.4 is 10.6 Å². The van der Waals surface area contributed by atoms with Crippen molar-refractivity contribution >= 4 is 28.6 Å². The van der Waals surface area contributed by atoms with Crippen molar-refractivity contribution in [3.05, 3.63) is 35.5 Å². The van der Waals surface area contributed by atoms with Gasteiger partial charge in [-0.2, -0.15) is 5.10 Å². The summed E-state index contributed by atoms with van der Waals surface area (Å²) in [5.41, 5.74) is 9.82. The molecule has 140 valence electrons. The number of aromatic nitrogens is 4. The summed E-state index contributed by atoms with van der Waals surface area (Å²) in [6.07, 6.45) is 7.84. The predicted octanol–water partition coefficient (Wildman–Crippen LogP) is 3.77. The number of anilines is 1. The molecule has 7 heteroatoms. The second-order valence-electron chi connectivity index (χ2n) is 7.83. The number of hydrogen-bond donors (Lipinski definition) is 2. The van der Waals surface area contributed by atoms with Gasteiger partial charge in [-0.25, -0.2) is 9.97 Å². The zero-order valence-corrected chi connectivity index (χ0v) is 15.9. The van der Waals surface area contributed by atoms with E-state index in [1.54, 1.807) is 0 Å². The second kappa shape index (κ2) is 6.46. The van der Waals surface area contributed by atoms with Gasteiger partial charge in [0.25, 0.3) is 0 Å². The fraction of sp³-hybridized carbons (Fsp3) is 0.450. The van der Waals surface area contributed by atoms with Gasteiger partial charge in [0.1, 0.15) is 11.3 Å². The molecule has 1 saturated heterocycles. The highest BCUT2D eigenvalue weighted by Crippen LogP contribution is 2.45. The van der Waals surface area contributed by atoms with Gasteiger partial charge < -0.3 is 10.6 Å². The van der Waals surface area contributed by atoms with E-state index in [-0.39, 0.29) is 0 Å². The van der Waals surface area contributed by atoms with Crippen molar-refractivity contribution in [2.45, 2.75) is 38.1 Å². The molecule has 2 fully saturated rings. The molecule has 0 unspecified atom stereocenters. The van der Waals surface area contributed by atoms with Gasteiger partial charge in [0.2, 0.25) is 5.65 Å². The van der Waals surface area contributed by atoms with Gasteiger partial charge in [-0.15, -0.1) is 0 Å². The molecule has 2 aromatic heterocycles. The molecule has 3 aromatic rings. The van der Waals surface area contributed by atoms with E-state index in [1.165, 1.54) is 19.3 Å². The number of H-pyrrole nitrogens is 1. The first-order chi connectivity index (χ1) is 13.2. The molecule has 1 saturated carbocycles. The molecule has 1 aliphatic carbocycles. The highest BCUT2D eigenvalue weighted by Gasteiger charge is 2.43. The Balaban J connectivity index is 1.41. The fourth-order valence-electron chi connectivity index (χ4n) is 4.76. The Labute approximate surface area is 163 Å². The summed E-state index contributed by atoms with van der Waals surface area (Å²) in [4.78, 5) is 11.7. The predicted molar refractivity (Wildman–Crippen MR) is 108 cm³/mol. The number of nitrogens with two attached hydrogens (primary N) is 1. The summed E-state index contributed by atoms with van der Waals surface area (Å²) in [6, 6.07) is 8.04. The molecule has 1 spiro atoms. The van der Waals surface area contributed by atoms with Crippen LogP contribution in [0, 0.1) is 5.41 Å². The summed E-state index contributed by atoms with van der Waals surface area (Å²) in [5, 5.41) is 8.09. The van der Waals surface area contributed by atoms with Crippen molar-refractivity contribution in [2.75, 3.05) is 18.0 Å². The van der Waals surface area contributed by atoms with Crippen LogP contribution in [0.15, 0.2) is 30.5 Å². The zero-order chi connectivity index (χ0) is 18.4. The molecule has 0 amide bonds. The number of aromatic amines is 1. The summed E-state index contributed by atoms with van der Waals surface area (Å²) >= 11 is 6.33. The molecule has 5 rings (SSSR count). The summed E-state index contributed by atoms with van der Waals surface area (Å²) < 4.78 is 0. The van der Waals surface area contributed by atoms with Gasteiger partial charge in [-0.3, -0.25) is 5.10 Å². The molecular weight excluding hydrogens is 360 g/mol. The van der Waals surface area contributed by atoms with Gasteiger partial charge >= 0.3 is 0 Å². The number of nitrogens with one attached hydrogen (secondary N) is 1. The lowest BCUT2D eigenvalue weighted by Gasteiger charge is -2.42. The largest absolute Gasteiger partial charge is 0.355 e. The second-order valence-corrected chi connectivity index (χ2v) is 8.23. The highest BCUT2D eigenvalue weighted by molar-refractivity contribution is 6.33. The maximum Gasteiger partial charge on any atom is 0.202 e. The molecule has 3 N–H and O–H groups in total. The minimum atomic E-state index is 0.345. The number of halogens is 1. The fourth-order valence-corrected chi connectivity index (χ4v) is 4.99. The lowest BCUT2D eigenvalue weighted by atomic mass is 9.74. The van der Waals surface area contributed by atoms with Crippen molar-refractivity contribution in [1.82, 2.24) is 20.2 Å². The number of hydrogen-bond acceptors (Lipinski definition) is 5. The van der Waals surface area contributed by atoms with E-state index in [0.717, 1.165) is 48.5 Å². The minimum absolute atomic E-state index is 0.345. The minimum Gasteiger partial charge on any atom is -0.355 e. The monoisotopic (exact) mass is 382 g/mol. The van der Waals surface area contributed by atoms with Gasteiger partial charge in [-0.05, 0) is 37.2 Å². The highest BCUT2D eigenvalue weighted by atomic mass is 35.5. The lowest BCUT2D eigenvalue weighted by molar-refractivity contribution is 0.197. The van der Waals surface area contributed by atoms with Gasteiger partial charge in [0.15, 0.2) is 0 Å². The van der Waals surface area contributed by atoms with Gasteiger partial charge in [0, 0.05) is 24.7 Å². The molecule has 1 atom stereocenters. The van der Waals surface area contributed by atoms with Crippen LogP contribution in [0.1, 0.15) is 32.1 Å². The average molecular weight is 383 g/mol. The molecule has 0 bridgehead atoms. The van der Waals surface area contributed by atoms with Crippen molar-refractivity contribution in [2.24, 2.45) is 11.1 Å². The first kappa shape index (κ1) is 17.0. The number of benzene rings is 1. The van der Waals surface area contributed by atoms with E-state index < -0.39 is 0 Å². The topological polar surface area (TPSA) is 83.7 Å². The molecule has 3 heterocycles. The summed E-state index contributed by atoms with van der Waals surface area (Å²) in [6.45, 7) is 1.96. The molecule has 1 aliphatic heterocycles. The van der Waals surface area contributed by atoms with Gasteiger partial charge in [-0.1, -0.05) is 36.2 Å². The average Bonchev–Trinajstić information content (AvgIpc) is 3.26. The van der Waals surface area contributed by atoms with E-state index in [4.69, 9.17) is 22.3 Å². The van der Waals surface area contributed by atoms with E-state index in [2.05, 4.69) is 20.1 Å². The third-order valence-electron chi connectivity index (χ3n) is 6.45. The molecule has 27 heavy (non-hydrogen) atoms. The molecule has 2 aliphatic rings. The molecule has 1 aromatic carbocycles. The Morgan fingerprint density at radius 1 is 1.19 bits per heavy atom. The number of nitrogens with zero attached hydrogens (tertiary/aromatic N) is 4. The van der Waals surface area contributed by atoms with Crippen LogP contribution in [0.4, 0.5) is 5.82 Å². The first-order valence-corrected chi connectivity index (χ1v) is 10.0. The Bertz CT molecular complexity index is 976. The number of piperidine rings is 1. The Morgan fingerprint density at radius 3 is 2.74 bits per heavy atom. The van der Waals surface area contributed by atoms with Crippen molar-refractivity contribution < 1.29 is 0 Å². The number of rotatable bonds is 2. The van der Waals surface area contributed by atoms with Crippen LogP contribution in [0.25, 0.3) is 22.4 Å². The number of fused-ring (bicyclic) bond motifs is 1. The lowest BCUT2D eigenvalue weighted by Crippen LogP contribution is -2.47. The van der Waals surface area contributed by atoms with Crippen LogP contribution in [0.3, 0.4) is 0 Å². The maximum absolute atomic E-state index is 6.40. The van der Waals surface area contributed by atoms with Crippen molar-refractivity contribution in [1.29, 1.82) is 0 Å². The van der Waals surface area contributed by atoms with Crippen molar-refractivity contribution in [3.8, 4) is 11.3 Å². The van der Waals surface area contributed by atoms with Crippen LogP contribution in [0.2, 0.25) is 5.02 Å². The normalized spacial score (nSPS) is 22.0. The van der Waals surface area contributed by atoms with Crippen LogP contribution in [-0.2, 0) is 0 Å². The Morgan fingerprint density at radius 2 is 2.00 bits per heavy atom.